The van der Waals surface area contributed by atoms with Gasteiger partial charge in [0.15, 0.2) is 11.0 Å². The van der Waals surface area contributed by atoms with E-state index in [1.807, 2.05) is 66.7 Å². The number of carbonyl (C=O) groups is 1. The average Bonchev–Trinajstić information content (AvgIpc) is 3.28. The summed E-state index contributed by atoms with van der Waals surface area (Å²) in [4.78, 5) is 12.5. The minimum atomic E-state index is -0.0960. The maximum Gasteiger partial charge on any atom is 0.230 e. The van der Waals surface area contributed by atoms with Crippen molar-refractivity contribution in [3.05, 3.63) is 95.0 Å². The summed E-state index contributed by atoms with van der Waals surface area (Å²) in [6, 6.07) is 25.5. The molecule has 0 spiro atoms. The molecular formula is C26H25ClN4O2S. The molecule has 8 heteroatoms. The number of amides is 1. The van der Waals surface area contributed by atoms with Crippen LogP contribution in [0.5, 0.6) is 5.75 Å². The first-order chi connectivity index (χ1) is 16.7. The molecule has 0 aliphatic rings. The van der Waals surface area contributed by atoms with Gasteiger partial charge in [0, 0.05) is 18.1 Å². The molecule has 174 valence electrons. The Morgan fingerprint density at radius 1 is 1.00 bits per heavy atom. The Balaban J connectivity index is 1.50. The van der Waals surface area contributed by atoms with Crippen LogP contribution in [0.25, 0.3) is 11.4 Å². The molecule has 3 aromatic carbocycles. The number of hydrogen-bond acceptors (Lipinski definition) is 5. The van der Waals surface area contributed by atoms with Crippen molar-refractivity contribution in [1.82, 2.24) is 20.1 Å². The molecule has 0 atom stereocenters. The first-order valence-electron chi connectivity index (χ1n) is 10.9. The summed E-state index contributed by atoms with van der Waals surface area (Å²) in [7, 11) is 1.64. The highest BCUT2D eigenvalue weighted by Gasteiger charge is 2.18. The van der Waals surface area contributed by atoms with E-state index in [4.69, 9.17) is 16.3 Å². The Bertz CT molecular complexity index is 1250. The molecule has 0 bridgehead atoms. The zero-order chi connectivity index (χ0) is 23.8. The van der Waals surface area contributed by atoms with Crippen molar-refractivity contribution in [1.29, 1.82) is 0 Å². The van der Waals surface area contributed by atoms with Gasteiger partial charge in [-0.1, -0.05) is 84.0 Å². The van der Waals surface area contributed by atoms with Crippen LogP contribution in [0.3, 0.4) is 0 Å². The Morgan fingerprint density at radius 2 is 1.74 bits per heavy atom. The average molecular weight is 493 g/mol. The number of aromatic nitrogens is 3. The second kappa shape index (κ2) is 11.7. The van der Waals surface area contributed by atoms with E-state index in [9.17, 15) is 4.79 Å². The summed E-state index contributed by atoms with van der Waals surface area (Å²) in [5, 5.41) is 13.1. The smallest absolute Gasteiger partial charge is 0.230 e. The van der Waals surface area contributed by atoms with Crippen LogP contribution in [0.1, 0.15) is 11.1 Å². The van der Waals surface area contributed by atoms with Crippen molar-refractivity contribution in [2.75, 3.05) is 12.9 Å². The van der Waals surface area contributed by atoms with E-state index >= 15 is 0 Å². The number of para-hydroxylation sites is 1. The quantitative estimate of drug-likeness (QED) is 0.306. The summed E-state index contributed by atoms with van der Waals surface area (Å²) >= 11 is 7.55. The molecule has 4 rings (SSSR count). The fraction of sp³-hybridized carbons (Fsp3) is 0.192. The highest BCUT2D eigenvalue weighted by atomic mass is 35.5. The fourth-order valence-corrected chi connectivity index (χ4v) is 4.52. The molecule has 0 radical (unpaired) electrons. The lowest BCUT2D eigenvalue weighted by Crippen LogP contribution is -2.25. The number of thioether (sulfide) groups is 1. The second-order valence-electron chi connectivity index (χ2n) is 7.55. The summed E-state index contributed by atoms with van der Waals surface area (Å²) in [6.45, 7) is 1.06. The van der Waals surface area contributed by atoms with E-state index in [0.29, 0.717) is 29.1 Å². The Morgan fingerprint density at radius 3 is 2.53 bits per heavy atom. The van der Waals surface area contributed by atoms with Crippen LogP contribution >= 0.6 is 23.4 Å². The maximum atomic E-state index is 12.5. The molecule has 6 nitrogen and oxygen atoms in total. The normalized spacial score (nSPS) is 10.8. The van der Waals surface area contributed by atoms with Crippen LogP contribution in [-0.4, -0.2) is 33.5 Å². The SMILES string of the molecule is COc1ccccc1-c1nnc(SCC(=O)NCc2ccccc2Cl)n1CCc1ccccc1. The lowest BCUT2D eigenvalue weighted by Gasteiger charge is -2.12. The van der Waals surface area contributed by atoms with Crippen LogP contribution in [0, 0.1) is 0 Å². The first-order valence-corrected chi connectivity index (χ1v) is 12.3. The lowest BCUT2D eigenvalue weighted by molar-refractivity contribution is -0.118. The number of halogens is 1. The molecule has 0 unspecified atom stereocenters. The number of aryl methyl sites for hydroxylation is 1. The highest BCUT2D eigenvalue weighted by molar-refractivity contribution is 7.99. The standard InChI is InChI=1S/C26H25ClN4O2S/c1-33-23-14-8-6-12-21(23)25-29-30-26(31(25)16-15-19-9-3-2-4-10-19)34-18-24(32)28-17-20-11-5-7-13-22(20)27/h2-14H,15-18H2,1H3,(H,28,32). The van der Waals surface area contributed by atoms with Crippen LogP contribution in [0.4, 0.5) is 0 Å². The monoisotopic (exact) mass is 492 g/mol. The van der Waals surface area contributed by atoms with Crippen LogP contribution < -0.4 is 10.1 Å². The zero-order valence-electron chi connectivity index (χ0n) is 18.8. The fourth-order valence-electron chi connectivity index (χ4n) is 3.53. The molecule has 4 aromatic rings. The van der Waals surface area contributed by atoms with E-state index in [0.717, 1.165) is 23.3 Å². The van der Waals surface area contributed by atoms with Gasteiger partial charge in [-0.3, -0.25) is 4.79 Å². The van der Waals surface area contributed by atoms with E-state index in [-0.39, 0.29) is 11.7 Å². The number of nitrogens with zero attached hydrogens (tertiary/aromatic N) is 3. The van der Waals surface area contributed by atoms with Crippen molar-refractivity contribution in [3.8, 4) is 17.1 Å². The third-order valence-electron chi connectivity index (χ3n) is 5.30. The van der Waals surface area contributed by atoms with Crippen molar-refractivity contribution >= 4 is 29.3 Å². The van der Waals surface area contributed by atoms with Crippen LogP contribution in [0.2, 0.25) is 5.02 Å². The summed E-state index contributed by atoms with van der Waals surface area (Å²) in [5.74, 6) is 1.57. The molecule has 0 aliphatic heterocycles. The molecule has 0 saturated carbocycles. The van der Waals surface area contributed by atoms with Crippen molar-refractivity contribution in [2.24, 2.45) is 0 Å². The molecule has 0 aliphatic carbocycles. The molecule has 0 fully saturated rings. The van der Waals surface area contributed by atoms with Crippen LogP contribution in [-0.2, 0) is 24.3 Å². The molecule has 1 amide bonds. The molecule has 34 heavy (non-hydrogen) atoms. The predicted octanol–water partition coefficient (Wildman–Crippen LogP) is 5.26. The van der Waals surface area contributed by atoms with Gasteiger partial charge in [0.2, 0.25) is 5.91 Å². The van der Waals surface area contributed by atoms with Crippen LogP contribution in [0.15, 0.2) is 84.0 Å². The number of ether oxygens (including phenoxy) is 1. The summed E-state index contributed by atoms with van der Waals surface area (Å²) in [6.07, 6.45) is 0.813. The first kappa shape index (κ1) is 23.9. The Kier molecular flexibility index (Phi) is 8.22. The predicted molar refractivity (Wildman–Crippen MR) is 136 cm³/mol. The van der Waals surface area contributed by atoms with Gasteiger partial charge in [-0.2, -0.15) is 0 Å². The Hall–Kier alpha value is -3.29. The highest BCUT2D eigenvalue weighted by Crippen LogP contribution is 2.31. The third-order valence-corrected chi connectivity index (χ3v) is 6.63. The van der Waals surface area contributed by atoms with E-state index in [1.165, 1.54) is 17.3 Å². The van der Waals surface area contributed by atoms with Crippen molar-refractivity contribution in [2.45, 2.75) is 24.7 Å². The molecule has 1 aromatic heterocycles. The van der Waals surface area contributed by atoms with E-state index in [2.05, 4.69) is 32.2 Å². The van der Waals surface area contributed by atoms with E-state index < -0.39 is 0 Å². The van der Waals surface area contributed by atoms with E-state index in [1.54, 1.807) is 7.11 Å². The van der Waals surface area contributed by atoms with Gasteiger partial charge in [-0.25, -0.2) is 0 Å². The zero-order valence-corrected chi connectivity index (χ0v) is 20.4. The molecule has 1 N–H and O–H groups in total. The topological polar surface area (TPSA) is 69.0 Å². The molecule has 1 heterocycles. The van der Waals surface area contributed by atoms with Gasteiger partial charge in [-0.15, -0.1) is 10.2 Å². The molecule has 0 saturated heterocycles. The Labute approximate surface area is 208 Å². The molecular weight excluding hydrogens is 468 g/mol. The lowest BCUT2D eigenvalue weighted by atomic mass is 10.1. The number of benzene rings is 3. The minimum Gasteiger partial charge on any atom is -0.496 e. The minimum absolute atomic E-state index is 0.0960. The van der Waals surface area contributed by atoms with Gasteiger partial charge < -0.3 is 14.6 Å². The summed E-state index contributed by atoms with van der Waals surface area (Å²) in [5.41, 5.74) is 2.96. The summed E-state index contributed by atoms with van der Waals surface area (Å²) < 4.78 is 7.60. The van der Waals surface area contributed by atoms with Gasteiger partial charge in [0.05, 0.1) is 18.4 Å². The number of hydrogen-bond donors (Lipinski definition) is 1. The third kappa shape index (κ3) is 5.98. The number of carbonyl (C=O) groups excluding carboxylic acids is 1. The van der Waals surface area contributed by atoms with Crippen molar-refractivity contribution < 1.29 is 9.53 Å². The number of methoxy groups -OCH3 is 1. The van der Waals surface area contributed by atoms with Crippen molar-refractivity contribution in [3.63, 3.8) is 0 Å². The van der Waals surface area contributed by atoms with Gasteiger partial charge >= 0.3 is 0 Å². The maximum absolute atomic E-state index is 12.5. The van der Waals surface area contributed by atoms with Gasteiger partial charge in [-0.05, 0) is 35.7 Å². The second-order valence-corrected chi connectivity index (χ2v) is 8.90. The number of nitrogens with one attached hydrogen (secondary N) is 1. The van der Waals surface area contributed by atoms with Gasteiger partial charge in [0.1, 0.15) is 5.75 Å². The largest absolute Gasteiger partial charge is 0.496 e. The number of rotatable bonds is 10. The van der Waals surface area contributed by atoms with Gasteiger partial charge in [0.25, 0.3) is 0 Å².